The molecule has 25 heavy (non-hydrogen) atoms. The predicted octanol–water partition coefficient (Wildman–Crippen LogP) is 2.45. The molecule has 8 heteroatoms. The van der Waals surface area contributed by atoms with Gasteiger partial charge in [0.25, 0.3) is 11.6 Å². The van der Waals surface area contributed by atoms with Crippen molar-refractivity contribution in [1.29, 1.82) is 0 Å². The summed E-state index contributed by atoms with van der Waals surface area (Å²) in [6, 6.07) is 9.37. The summed E-state index contributed by atoms with van der Waals surface area (Å²) in [5.74, 6) is -0.689. The topological polar surface area (TPSA) is 112 Å². The highest BCUT2D eigenvalue weighted by Crippen LogP contribution is 2.18. The Bertz CT molecular complexity index is 782. The molecule has 1 aromatic heterocycles. The number of esters is 1. The Hall–Kier alpha value is -3.42. The molecule has 0 aliphatic rings. The number of hydrogen-bond donors (Lipinski definition) is 1. The van der Waals surface area contributed by atoms with E-state index in [1.54, 1.807) is 18.2 Å². The van der Waals surface area contributed by atoms with Crippen LogP contribution in [0.15, 0.2) is 53.2 Å². The first-order chi connectivity index (χ1) is 12.0. The lowest BCUT2D eigenvalue weighted by Crippen LogP contribution is -2.35. The summed E-state index contributed by atoms with van der Waals surface area (Å²) >= 11 is 0. The molecule has 2 rings (SSSR count). The average Bonchev–Trinajstić information content (AvgIpc) is 3.11. The Morgan fingerprint density at radius 2 is 2.08 bits per heavy atom. The molecule has 1 amide bonds. The minimum atomic E-state index is -1.02. The van der Waals surface area contributed by atoms with Crippen LogP contribution in [0.4, 0.5) is 5.69 Å². The monoisotopic (exact) mass is 344 g/mol. The number of benzene rings is 1. The highest BCUT2D eigenvalue weighted by atomic mass is 16.6. The second kappa shape index (κ2) is 8.44. The molecule has 0 fully saturated rings. The number of rotatable bonds is 7. The Kier molecular flexibility index (Phi) is 6.05. The molecule has 1 N–H and O–H groups in total. The Morgan fingerprint density at radius 3 is 2.76 bits per heavy atom. The normalized spacial score (nSPS) is 11.9. The first-order valence-electron chi connectivity index (χ1n) is 7.39. The Labute approximate surface area is 143 Å². The lowest BCUT2D eigenvalue weighted by atomic mass is 10.1. The number of ether oxygens (including phenoxy) is 1. The van der Waals surface area contributed by atoms with Crippen molar-refractivity contribution in [3.05, 3.63) is 70.2 Å². The molecule has 2 aromatic rings. The maximum atomic E-state index is 11.8. The first-order valence-corrected chi connectivity index (χ1v) is 7.39. The zero-order valence-corrected chi connectivity index (χ0v) is 13.4. The maximum absolute atomic E-state index is 11.8. The standard InChI is InChI=1S/C17H16N2O6/c1-12(17(21)18-11-14-6-4-10-24-14)25-16(20)9-8-13-5-2-3-7-15(13)19(22)23/h2-10,12H,11H2,1H3,(H,18,21)/b9-8+/t12-/m0/s1. The van der Waals surface area contributed by atoms with Crippen LogP contribution < -0.4 is 5.32 Å². The quantitative estimate of drug-likeness (QED) is 0.357. The maximum Gasteiger partial charge on any atom is 0.331 e. The minimum Gasteiger partial charge on any atom is -0.467 e. The number of furan rings is 1. The van der Waals surface area contributed by atoms with E-state index in [0.29, 0.717) is 5.76 Å². The summed E-state index contributed by atoms with van der Waals surface area (Å²) in [6.07, 6.45) is 2.78. The van der Waals surface area contributed by atoms with Crippen molar-refractivity contribution in [2.24, 2.45) is 0 Å². The summed E-state index contributed by atoms with van der Waals surface area (Å²) in [6.45, 7) is 1.61. The van der Waals surface area contributed by atoms with Crippen molar-refractivity contribution in [2.45, 2.75) is 19.6 Å². The van der Waals surface area contributed by atoms with Gasteiger partial charge in [-0.2, -0.15) is 0 Å². The zero-order chi connectivity index (χ0) is 18.2. The molecule has 0 saturated carbocycles. The highest BCUT2D eigenvalue weighted by molar-refractivity contribution is 5.90. The Morgan fingerprint density at radius 1 is 1.32 bits per heavy atom. The number of nitro benzene ring substituents is 1. The molecular weight excluding hydrogens is 328 g/mol. The molecule has 1 atom stereocenters. The van der Waals surface area contributed by atoms with E-state index in [-0.39, 0.29) is 17.8 Å². The summed E-state index contributed by atoms with van der Waals surface area (Å²) in [5, 5.41) is 13.5. The largest absolute Gasteiger partial charge is 0.467 e. The molecule has 0 saturated heterocycles. The fourth-order valence-electron chi connectivity index (χ4n) is 1.95. The summed E-state index contributed by atoms with van der Waals surface area (Å²) in [5.41, 5.74) is 0.134. The fourth-order valence-corrected chi connectivity index (χ4v) is 1.95. The van der Waals surface area contributed by atoms with Gasteiger partial charge in [-0.15, -0.1) is 0 Å². The van der Waals surface area contributed by atoms with E-state index in [9.17, 15) is 19.7 Å². The molecule has 8 nitrogen and oxygen atoms in total. The lowest BCUT2D eigenvalue weighted by Gasteiger charge is -2.11. The third kappa shape index (κ3) is 5.31. The van der Waals surface area contributed by atoms with Gasteiger partial charge in [-0.1, -0.05) is 12.1 Å². The van der Waals surface area contributed by atoms with E-state index >= 15 is 0 Å². The van der Waals surface area contributed by atoms with Crippen molar-refractivity contribution in [3.63, 3.8) is 0 Å². The van der Waals surface area contributed by atoms with Crippen LogP contribution >= 0.6 is 0 Å². The molecule has 130 valence electrons. The van der Waals surface area contributed by atoms with Gasteiger partial charge in [-0.05, 0) is 31.2 Å². The van der Waals surface area contributed by atoms with Crippen LogP contribution in [-0.4, -0.2) is 22.9 Å². The summed E-state index contributed by atoms with van der Waals surface area (Å²) < 4.78 is 10.0. The van der Waals surface area contributed by atoms with Crippen LogP contribution in [-0.2, 0) is 20.9 Å². The zero-order valence-electron chi connectivity index (χ0n) is 13.4. The van der Waals surface area contributed by atoms with E-state index in [0.717, 1.165) is 6.08 Å². The van der Waals surface area contributed by atoms with Crippen molar-refractivity contribution in [3.8, 4) is 0 Å². The minimum absolute atomic E-state index is 0.129. The average molecular weight is 344 g/mol. The van der Waals surface area contributed by atoms with E-state index in [1.807, 2.05) is 0 Å². The van der Waals surface area contributed by atoms with Gasteiger partial charge in [0.1, 0.15) is 5.76 Å². The first kappa shape index (κ1) is 17.9. The van der Waals surface area contributed by atoms with Crippen LogP contribution in [0.2, 0.25) is 0 Å². The van der Waals surface area contributed by atoms with Crippen LogP contribution in [0.3, 0.4) is 0 Å². The van der Waals surface area contributed by atoms with E-state index < -0.39 is 22.9 Å². The second-order valence-electron chi connectivity index (χ2n) is 5.03. The number of amides is 1. The molecular formula is C17H16N2O6. The third-order valence-electron chi connectivity index (χ3n) is 3.21. The molecule has 0 aliphatic carbocycles. The van der Waals surface area contributed by atoms with Gasteiger partial charge >= 0.3 is 5.97 Å². The smallest absolute Gasteiger partial charge is 0.331 e. The van der Waals surface area contributed by atoms with Crippen molar-refractivity contribution >= 4 is 23.6 Å². The number of nitro groups is 1. The van der Waals surface area contributed by atoms with Crippen LogP contribution in [0, 0.1) is 10.1 Å². The van der Waals surface area contributed by atoms with Crippen molar-refractivity contribution < 1.29 is 23.7 Å². The molecule has 0 unspecified atom stereocenters. The SMILES string of the molecule is C[C@H](OC(=O)/C=C/c1ccccc1[N+](=O)[O-])C(=O)NCc1ccco1. The molecule has 1 aromatic carbocycles. The number of hydrogen-bond acceptors (Lipinski definition) is 6. The summed E-state index contributed by atoms with van der Waals surface area (Å²) in [4.78, 5) is 34.0. The van der Waals surface area contributed by atoms with Gasteiger partial charge < -0.3 is 14.5 Å². The van der Waals surface area contributed by atoms with E-state index in [1.165, 1.54) is 37.5 Å². The van der Waals surface area contributed by atoms with Crippen molar-refractivity contribution in [1.82, 2.24) is 5.32 Å². The molecule has 1 heterocycles. The number of carbonyl (C=O) groups is 2. The van der Waals surface area contributed by atoms with Crippen LogP contribution in [0.5, 0.6) is 0 Å². The second-order valence-corrected chi connectivity index (χ2v) is 5.03. The lowest BCUT2D eigenvalue weighted by molar-refractivity contribution is -0.385. The molecule has 0 aliphatic heterocycles. The highest BCUT2D eigenvalue weighted by Gasteiger charge is 2.17. The number of para-hydroxylation sites is 1. The van der Waals surface area contributed by atoms with Gasteiger partial charge in [0.15, 0.2) is 6.10 Å². The number of carbonyl (C=O) groups excluding carboxylic acids is 2. The van der Waals surface area contributed by atoms with Gasteiger partial charge in [-0.3, -0.25) is 14.9 Å². The third-order valence-corrected chi connectivity index (χ3v) is 3.21. The van der Waals surface area contributed by atoms with E-state index in [2.05, 4.69) is 5.32 Å². The number of nitrogens with zero attached hydrogens (tertiary/aromatic N) is 1. The molecule has 0 spiro atoms. The van der Waals surface area contributed by atoms with Gasteiger partial charge in [0.2, 0.25) is 0 Å². The van der Waals surface area contributed by atoms with Crippen LogP contribution in [0.25, 0.3) is 6.08 Å². The Balaban J connectivity index is 1.88. The molecule has 0 radical (unpaired) electrons. The van der Waals surface area contributed by atoms with Gasteiger partial charge in [0.05, 0.1) is 23.3 Å². The van der Waals surface area contributed by atoms with Crippen molar-refractivity contribution in [2.75, 3.05) is 0 Å². The molecule has 0 bridgehead atoms. The van der Waals surface area contributed by atoms with Gasteiger partial charge in [-0.25, -0.2) is 4.79 Å². The van der Waals surface area contributed by atoms with E-state index in [4.69, 9.17) is 9.15 Å². The summed E-state index contributed by atoms with van der Waals surface area (Å²) in [7, 11) is 0. The number of nitrogens with one attached hydrogen (secondary N) is 1. The van der Waals surface area contributed by atoms with Crippen LogP contribution in [0.1, 0.15) is 18.2 Å². The fraction of sp³-hybridized carbons (Fsp3) is 0.176. The predicted molar refractivity (Wildman–Crippen MR) is 88.2 cm³/mol. The van der Waals surface area contributed by atoms with Gasteiger partial charge in [0, 0.05) is 12.1 Å².